The quantitative estimate of drug-likeness (QED) is 0.893. The number of hydrogen-bond acceptors (Lipinski definition) is 2. The summed E-state index contributed by atoms with van der Waals surface area (Å²) in [6.07, 6.45) is -5.09. The molecule has 1 atom stereocenters. The van der Waals surface area contributed by atoms with Gasteiger partial charge >= 0.3 is 6.18 Å². The van der Waals surface area contributed by atoms with Crippen molar-refractivity contribution < 1.29 is 18.3 Å². The molecule has 2 aromatic rings. The smallest absolute Gasteiger partial charge is 0.388 e. The third-order valence-corrected chi connectivity index (χ3v) is 3.11. The zero-order valence-electron chi connectivity index (χ0n) is 10.6. The Kier molecular flexibility index (Phi) is 3.49. The summed E-state index contributed by atoms with van der Waals surface area (Å²) < 4.78 is 38.6. The van der Waals surface area contributed by atoms with Crippen molar-refractivity contribution in [1.82, 2.24) is 4.98 Å². The van der Waals surface area contributed by atoms with Gasteiger partial charge < -0.3 is 5.11 Å². The van der Waals surface area contributed by atoms with E-state index in [0.29, 0.717) is 22.9 Å². The van der Waals surface area contributed by atoms with Crippen LogP contribution in [0.5, 0.6) is 0 Å². The fourth-order valence-corrected chi connectivity index (χ4v) is 2.06. The van der Waals surface area contributed by atoms with Crippen LogP contribution in [0.15, 0.2) is 24.3 Å². The molecule has 1 unspecified atom stereocenters. The predicted molar refractivity (Wildman–Crippen MR) is 66.7 cm³/mol. The van der Waals surface area contributed by atoms with Gasteiger partial charge in [-0.3, -0.25) is 0 Å². The molecule has 0 bridgehead atoms. The lowest BCUT2D eigenvalue weighted by atomic mass is 9.99. The van der Waals surface area contributed by atoms with Crippen LogP contribution >= 0.6 is 0 Å². The molecule has 19 heavy (non-hydrogen) atoms. The molecular formula is C14H14F3NO. The van der Waals surface area contributed by atoms with E-state index in [2.05, 4.69) is 4.98 Å². The highest BCUT2D eigenvalue weighted by atomic mass is 19.4. The molecule has 102 valence electrons. The van der Waals surface area contributed by atoms with Crippen molar-refractivity contribution in [3.63, 3.8) is 0 Å². The van der Waals surface area contributed by atoms with Crippen LogP contribution in [0.25, 0.3) is 10.9 Å². The van der Waals surface area contributed by atoms with Crippen LogP contribution in [-0.2, 0) is 6.18 Å². The Morgan fingerprint density at radius 2 is 2.00 bits per heavy atom. The number of rotatable bonds is 2. The highest BCUT2D eigenvalue weighted by molar-refractivity contribution is 5.85. The second-order valence-corrected chi connectivity index (χ2v) is 4.49. The first kappa shape index (κ1) is 13.8. The average Bonchev–Trinajstić information content (AvgIpc) is 2.36. The number of pyridine rings is 1. The fourth-order valence-electron chi connectivity index (χ4n) is 2.06. The first-order chi connectivity index (χ1) is 8.84. The normalized spacial score (nSPS) is 13.8. The number of hydrogen-bond donors (Lipinski definition) is 1. The molecule has 0 radical (unpaired) electrons. The SMILES string of the molecule is CCC(O)c1cc(C(F)(F)F)nc2c(C)cccc12. The van der Waals surface area contributed by atoms with Crippen molar-refractivity contribution in [3.05, 3.63) is 41.1 Å². The number of halogens is 3. The summed E-state index contributed by atoms with van der Waals surface area (Å²) in [6, 6.07) is 6.08. The van der Waals surface area contributed by atoms with Crippen molar-refractivity contribution in [1.29, 1.82) is 0 Å². The summed E-state index contributed by atoms with van der Waals surface area (Å²) >= 11 is 0. The van der Waals surface area contributed by atoms with Gasteiger partial charge in [-0.05, 0) is 30.5 Å². The molecule has 2 rings (SSSR count). The van der Waals surface area contributed by atoms with E-state index in [1.54, 1.807) is 32.0 Å². The first-order valence-corrected chi connectivity index (χ1v) is 6.00. The van der Waals surface area contributed by atoms with E-state index >= 15 is 0 Å². The number of aliphatic hydroxyl groups is 1. The number of benzene rings is 1. The number of aliphatic hydroxyl groups excluding tert-OH is 1. The molecule has 0 fully saturated rings. The molecular weight excluding hydrogens is 255 g/mol. The molecule has 0 aliphatic rings. The maximum absolute atomic E-state index is 12.9. The lowest BCUT2D eigenvalue weighted by Gasteiger charge is -2.16. The predicted octanol–water partition coefficient (Wildman–Crippen LogP) is 4.01. The minimum Gasteiger partial charge on any atom is -0.388 e. The van der Waals surface area contributed by atoms with Gasteiger partial charge in [-0.15, -0.1) is 0 Å². The van der Waals surface area contributed by atoms with Gasteiger partial charge in [0, 0.05) is 5.39 Å². The number of para-hydroxylation sites is 1. The van der Waals surface area contributed by atoms with E-state index in [9.17, 15) is 18.3 Å². The van der Waals surface area contributed by atoms with Crippen LogP contribution in [-0.4, -0.2) is 10.1 Å². The summed E-state index contributed by atoms with van der Waals surface area (Å²) in [5.41, 5.74) is 0.272. The maximum atomic E-state index is 12.9. The summed E-state index contributed by atoms with van der Waals surface area (Å²) in [5.74, 6) is 0. The zero-order chi connectivity index (χ0) is 14.2. The number of fused-ring (bicyclic) bond motifs is 1. The average molecular weight is 269 g/mol. The second kappa shape index (κ2) is 4.81. The zero-order valence-corrected chi connectivity index (χ0v) is 10.6. The van der Waals surface area contributed by atoms with Crippen LogP contribution in [0.2, 0.25) is 0 Å². The molecule has 1 heterocycles. The molecule has 0 amide bonds. The van der Waals surface area contributed by atoms with E-state index in [0.717, 1.165) is 6.07 Å². The Labute approximate surface area is 108 Å². The number of aromatic nitrogens is 1. The summed E-state index contributed by atoms with van der Waals surface area (Å²) in [5, 5.41) is 10.5. The van der Waals surface area contributed by atoms with Crippen LogP contribution in [0.1, 0.15) is 36.3 Å². The van der Waals surface area contributed by atoms with E-state index < -0.39 is 18.0 Å². The Morgan fingerprint density at radius 1 is 1.32 bits per heavy atom. The third-order valence-electron chi connectivity index (χ3n) is 3.11. The molecule has 1 aromatic heterocycles. The lowest BCUT2D eigenvalue weighted by molar-refractivity contribution is -0.141. The molecule has 0 aliphatic carbocycles. The van der Waals surface area contributed by atoms with Gasteiger partial charge in [-0.2, -0.15) is 13.2 Å². The minimum absolute atomic E-state index is 0.281. The molecule has 0 saturated carbocycles. The molecule has 1 N–H and O–H groups in total. The lowest BCUT2D eigenvalue weighted by Crippen LogP contribution is -2.11. The van der Waals surface area contributed by atoms with Crippen molar-refractivity contribution in [3.8, 4) is 0 Å². The fraction of sp³-hybridized carbons (Fsp3) is 0.357. The van der Waals surface area contributed by atoms with Crippen molar-refractivity contribution >= 4 is 10.9 Å². The van der Waals surface area contributed by atoms with Crippen molar-refractivity contribution in [2.75, 3.05) is 0 Å². The van der Waals surface area contributed by atoms with Gasteiger partial charge in [0.05, 0.1) is 11.6 Å². The Morgan fingerprint density at radius 3 is 2.58 bits per heavy atom. The van der Waals surface area contributed by atoms with Crippen LogP contribution < -0.4 is 0 Å². The van der Waals surface area contributed by atoms with Gasteiger partial charge in [0.1, 0.15) is 5.69 Å². The van der Waals surface area contributed by atoms with Gasteiger partial charge in [-0.1, -0.05) is 25.1 Å². The van der Waals surface area contributed by atoms with Gasteiger partial charge in [0.25, 0.3) is 0 Å². The summed E-state index contributed by atoms with van der Waals surface area (Å²) in [7, 11) is 0. The molecule has 1 aromatic carbocycles. The van der Waals surface area contributed by atoms with E-state index in [4.69, 9.17) is 0 Å². The Bertz CT molecular complexity index is 607. The Balaban J connectivity index is 2.81. The number of alkyl halides is 3. The first-order valence-electron chi connectivity index (χ1n) is 6.00. The second-order valence-electron chi connectivity index (χ2n) is 4.49. The maximum Gasteiger partial charge on any atom is 0.433 e. The van der Waals surface area contributed by atoms with Gasteiger partial charge in [0.15, 0.2) is 0 Å². The van der Waals surface area contributed by atoms with E-state index in [1.165, 1.54) is 0 Å². The van der Waals surface area contributed by atoms with Gasteiger partial charge in [-0.25, -0.2) is 4.98 Å². The van der Waals surface area contributed by atoms with Crippen molar-refractivity contribution in [2.45, 2.75) is 32.5 Å². The highest BCUT2D eigenvalue weighted by Gasteiger charge is 2.34. The van der Waals surface area contributed by atoms with Crippen molar-refractivity contribution in [2.24, 2.45) is 0 Å². The monoisotopic (exact) mass is 269 g/mol. The van der Waals surface area contributed by atoms with Crippen LogP contribution in [0.4, 0.5) is 13.2 Å². The minimum atomic E-state index is -4.52. The molecule has 0 saturated heterocycles. The number of nitrogens with zero attached hydrogens (tertiary/aromatic N) is 1. The molecule has 2 nitrogen and oxygen atoms in total. The number of aryl methyl sites for hydroxylation is 1. The van der Waals surface area contributed by atoms with E-state index in [1.807, 2.05) is 0 Å². The van der Waals surface area contributed by atoms with Gasteiger partial charge in [0.2, 0.25) is 0 Å². The molecule has 0 spiro atoms. The van der Waals surface area contributed by atoms with Crippen LogP contribution in [0.3, 0.4) is 0 Å². The molecule has 0 aliphatic heterocycles. The summed E-state index contributed by atoms with van der Waals surface area (Å²) in [6.45, 7) is 3.43. The topological polar surface area (TPSA) is 33.1 Å². The Hall–Kier alpha value is -1.62. The summed E-state index contributed by atoms with van der Waals surface area (Å²) in [4.78, 5) is 3.69. The highest BCUT2D eigenvalue weighted by Crippen LogP contribution is 2.34. The third kappa shape index (κ3) is 2.56. The standard InChI is InChI=1S/C14H14F3NO/c1-3-11(19)10-7-12(14(15,16)17)18-13-8(2)5-4-6-9(10)13/h4-7,11,19H,3H2,1-2H3. The van der Waals surface area contributed by atoms with Crippen LogP contribution in [0, 0.1) is 6.92 Å². The largest absolute Gasteiger partial charge is 0.433 e. The van der Waals surface area contributed by atoms with E-state index in [-0.39, 0.29) is 5.56 Å². The molecule has 5 heteroatoms.